The third kappa shape index (κ3) is 2.66. The highest BCUT2D eigenvalue weighted by atomic mass is 19.2. The van der Waals surface area contributed by atoms with Crippen LogP contribution in [0.4, 0.5) is 8.78 Å². The van der Waals surface area contributed by atoms with E-state index >= 15 is 0 Å². The summed E-state index contributed by atoms with van der Waals surface area (Å²) < 4.78 is 33.2. The van der Waals surface area contributed by atoms with Crippen LogP contribution < -0.4 is 5.43 Å². The molecule has 1 heterocycles. The highest BCUT2D eigenvalue weighted by molar-refractivity contribution is 5.93. The average Bonchev–Trinajstić information content (AvgIpc) is 2.41. The topological polar surface area (TPSA) is 48.3 Å². The fourth-order valence-electron chi connectivity index (χ4n) is 2.13. The van der Waals surface area contributed by atoms with Crippen LogP contribution in [0.15, 0.2) is 23.1 Å². The molecule has 112 valence electrons. The molecule has 2 rings (SSSR count). The van der Waals surface area contributed by atoms with Crippen molar-refractivity contribution in [1.82, 2.24) is 4.57 Å². The highest BCUT2D eigenvalue weighted by Crippen LogP contribution is 2.20. The molecule has 1 aromatic carbocycles. The quantitative estimate of drug-likeness (QED) is 0.818. The van der Waals surface area contributed by atoms with Crippen LogP contribution in [0, 0.1) is 11.6 Å². The first kappa shape index (κ1) is 15.2. The number of carbonyl (C=O) groups is 1. The maximum atomic E-state index is 13.4. The Morgan fingerprint density at radius 3 is 2.48 bits per heavy atom. The predicted octanol–water partition coefficient (Wildman–Crippen LogP) is 3.04. The number of aromatic nitrogens is 1. The number of nitrogens with zero attached hydrogens (tertiary/aromatic N) is 1. The minimum atomic E-state index is -1.13. The van der Waals surface area contributed by atoms with E-state index in [1.54, 1.807) is 25.3 Å². The Kier molecular flexibility index (Phi) is 4.06. The molecule has 0 radical (unpaired) electrons. The lowest BCUT2D eigenvalue weighted by Crippen LogP contribution is -2.22. The second kappa shape index (κ2) is 5.63. The number of esters is 1. The number of benzene rings is 1. The summed E-state index contributed by atoms with van der Waals surface area (Å²) in [4.78, 5) is 24.1. The molecule has 0 unspecified atom stereocenters. The summed E-state index contributed by atoms with van der Waals surface area (Å²) in [6, 6.07) is 1.63. The second-order valence-electron chi connectivity index (χ2n) is 4.88. The average molecular weight is 295 g/mol. The van der Waals surface area contributed by atoms with Crippen molar-refractivity contribution in [3.05, 3.63) is 45.8 Å². The first-order valence-electron chi connectivity index (χ1n) is 6.57. The van der Waals surface area contributed by atoms with E-state index < -0.39 is 23.0 Å². The van der Waals surface area contributed by atoms with Crippen LogP contribution in [0.3, 0.4) is 0 Å². The molecule has 0 saturated heterocycles. The standard InChI is InChI=1S/C15H15F2NO3/c1-4-21-15(20)10-7-18(8(2)3)13-6-12(17)11(16)5-9(13)14(10)19/h5-8H,4H2,1-3H3. The molecule has 21 heavy (non-hydrogen) atoms. The van der Waals surface area contributed by atoms with Gasteiger partial charge in [0.15, 0.2) is 11.6 Å². The molecular weight excluding hydrogens is 280 g/mol. The summed E-state index contributed by atoms with van der Waals surface area (Å²) in [6.07, 6.45) is 1.32. The van der Waals surface area contributed by atoms with E-state index in [1.165, 1.54) is 6.20 Å². The van der Waals surface area contributed by atoms with Gasteiger partial charge in [0.05, 0.1) is 12.1 Å². The van der Waals surface area contributed by atoms with Gasteiger partial charge in [-0.2, -0.15) is 0 Å². The maximum absolute atomic E-state index is 13.4. The molecule has 0 aliphatic carbocycles. The van der Waals surface area contributed by atoms with Crippen LogP contribution in [0.25, 0.3) is 10.9 Å². The molecule has 0 bridgehead atoms. The van der Waals surface area contributed by atoms with Gasteiger partial charge in [-0.15, -0.1) is 0 Å². The molecule has 1 aromatic heterocycles. The largest absolute Gasteiger partial charge is 0.462 e. The molecule has 2 aromatic rings. The Labute approximate surface area is 120 Å². The van der Waals surface area contributed by atoms with Gasteiger partial charge in [0.25, 0.3) is 0 Å². The summed E-state index contributed by atoms with van der Waals surface area (Å²) in [5.41, 5.74) is -0.620. The Hall–Kier alpha value is -2.24. The van der Waals surface area contributed by atoms with Crippen LogP contribution in [0.5, 0.6) is 0 Å². The summed E-state index contributed by atoms with van der Waals surface area (Å²) >= 11 is 0. The van der Waals surface area contributed by atoms with Gasteiger partial charge in [0.1, 0.15) is 5.56 Å². The molecular formula is C15H15F2NO3. The van der Waals surface area contributed by atoms with Crippen LogP contribution in [-0.4, -0.2) is 17.1 Å². The summed E-state index contributed by atoms with van der Waals surface area (Å²) in [5, 5.41) is -0.0480. The van der Waals surface area contributed by atoms with E-state index in [2.05, 4.69) is 0 Å². The fourth-order valence-corrected chi connectivity index (χ4v) is 2.13. The predicted molar refractivity (Wildman–Crippen MR) is 74.5 cm³/mol. The number of hydrogen-bond acceptors (Lipinski definition) is 3. The fraction of sp³-hybridized carbons (Fsp3) is 0.333. The number of rotatable bonds is 3. The van der Waals surface area contributed by atoms with Gasteiger partial charge in [0, 0.05) is 23.7 Å². The highest BCUT2D eigenvalue weighted by Gasteiger charge is 2.19. The van der Waals surface area contributed by atoms with Gasteiger partial charge >= 0.3 is 5.97 Å². The zero-order valence-corrected chi connectivity index (χ0v) is 11.9. The molecule has 0 fully saturated rings. The first-order chi connectivity index (χ1) is 9.86. The van der Waals surface area contributed by atoms with Gasteiger partial charge in [-0.1, -0.05) is 0 Å². The zero-order valence-electron chi connectivity index (χ0n) is 11.9. The normalized spacial score (nSPS) is 11.1. The summed E-state index contributed by atoms with van der Waals surface area (Å²) in [6.45, 7) is 5.35. The van der Waals surface area contributed by atoms with Crippen molar-refractivity contribution in [3.63, 3.8) is 0 Å². The molecule has 4 nitrogen and oxygen atoms in total. The number of ether oxygens (including phenoxy) is 1. The van der Waals surface area contributed by atoms with Crippen molar-refractivity contribution in [3.8, 4) is 0 Å². The van der Waals surface area contributed by atoms with E-state index in [0.717, 1.165) is 12.1 Å². The van der Waals surface area contributed by atoms with Crippen molar-refractivity contribution in [2.45, 2.75) is 26.8 Å². The van der Waals surface area contributed by atoms with Gasteiger partial charge in [-0.3, -0.25) is 4.79 Å². The van der Waals surface area contributed by atoms with Crippen molar-refractivity contribution in [2.24, 2.45) is 0 Å². The van der Waals surface area contributed by atoms with Gasteiger partial charge in [-0.25, -0.2) is 13.6 Å². The Bertz CT molecular complexity index is 766. The van der Waals surface area contributed by atoms with E-state index in [-0.39, 0.29) is 29.1 Å². The Morgan fingerprint density at radius 1 is 1.29 bits per heavy atom. The number of fused-ring (bicyclic) bond motifs is 1. The maximum Gasteiger partial charge on any atom is 0.343 e. The van der Waals surface area contributed by atoms with Crippen LogP contribution >= 0.6 is 0 Å². The third-order valence-electron chi connectivity index (χ3n) is 3.13. The molecule has 0 amide bonds. The van der Waals surface area contributed by atoms with Gasteiger partial charge < -0.3 is 9.30 Å². The number of carbonyl (C=O) groups excluding carboxylic acids is 1. The van der Waals surface area contributed by atoms with Crippen molar-refractivity contribution in [1.29, 1.82) is 0 Å². The molecule has 6 heteroatoms. The smallest absolute Gasteiger partial charge is 0.343 e. The lowest BCUT2D eigenvalue weighted by atomic mass is 10.1. The summed E-state index contributed by atoms with van der Waals surface area (Å²) in [5.74, 6) is -2.94. The Morgan fingerprint density at radius 2 is 1.90 bits per heavy atom. The van der Waals surface area contributed by atoms with Crippen LogP contribution in [-0.2, 0) is 4.74 Å². The van der Waals surface area contributed by atoms with Crippen molar-refractivity contribution in [2.75, 3.05) is 6.61 Å². The molecule has 0 aliphatic rings. The zero-order chi connectivity index (χ0) is 15.7. The molecule has 0 spiro atoms. The minimum Gasteiger partial charge on any atom is -0.462 e. The molecule has 0 N–H and O–H groups in total. The monoisotopic (exact) mass is 295 g/mol. The number of halogens is 2. The van der Waals surface area contributed by atoms with Crippen LogP contribution in [0.1, 0.15) is 37.2 Å². The number of hydrogen-bond donors (Lipinski definition) is 0. The van der Waals surface area contributed by atoms with Crippen molar-refractivity contribution >= 4 is 16.9 Å². The minimum absolute atomic E-state index is 0.0480. The third-order valence-corrected chi connectivity index (χ3v) is 3.13. The molecule has 0 aliphatic heterocycles. The first-order valence-corrected chi connectivity index (χ1v) is 6.57. The Balaban J connectivity index is 2.86. The summed E-state index contributed by atoms with van der Waals surface area (Å²) in [7, 11) is 0. The SMILES string of the molecule is CCOC(=O)c1cn(C(C)C)c2cc(F)c(F)cc2c1=O. The lowest BCUT2D eigenvalue weighted by Gasteiger charge is -2.16. The van der Waals surface area contributed by atoms with Gasteiger partial charge in [-0.05, 0) is 26.8 Å². The van der Waals surface area contributed by atoms with E-state index in [4.69, 9.17) is 4.74 Å². The second-order valence-corrected chi connectivity index (χ2v) is 4.88. The van der Waals surface area contributed by atoms with E-state index in [9.17, 15) is 18.4 Å². The molecule has 0 saturated carbocycles. The lowest BCUT2D eigenvalue weighted by molar-refractivity contribution is 0.0524. The van der Waals surface area contributed by atoms with Crippen molar-refractivity contribution < 1.29 is 18.3 Å². The van der Waals surface area contributed by atoms with Gasteiger partial charge in [0.2, 0.25) is 5.43 Å². The number of pyridine rings is 1. The molecule has 0 atom stereocenters. The van der Waals surface area contributed by atoms with E-state index in [1.807, 2.05) is 0 Å². The van der Waals surface area contributed by atoms with Crippen LogP contribution in [0.2, 0.25) is 0 Å². The van der Waals surface area contributed by atoms with E-state index in [0.29, 0.717) is 0 Å².